The van der Waals surface area contributed by atoms with Gasteiger partial charge in [-0.3, -0.25) is 4.98 Å². The molecule has 106 valence electrons. The number of anilines is 1. The Morgan fingerprint density at radius 3 is 2.80 bits per heavy atom. The first-order valence-corrected chi connectivity index (χ1v) is 6.48. The Morgan fingerprint density at radius 1 is 1.25 bits per heavy atom. The van der Waals surface area contributed by atoms with Crippen molar-refractivity contribution in [2.45, 2.75) is 18.6 Å². The molecule has 3 nitrogen and oxygen atoms in total. The summed E-state index contributed by atoms with van der Waals surface area (Å²) in [5, 5.41) is 7.02. The van der Waals surface area contributed by atoms with Crippen LogP contribution in [0.3, 0.4) is 0 Å². The van der Waals surface area contributed by atoms with Crippen molar-refractivity contribution in [1.82, 2.24) is 10.3 Å². The van der Waals surface area contributed by atoms with E-state index in [1.807, 2.05) is 0 Å². The van der Waals surface area contributed by atoms with Crippen LogP contribution < -0.4 is 10.6 Å². The number of nitrogens with zero attached hydrogens (tertiary/aromatic N) is 1. The summed E-state index contributed by atoms with van der Waals surface area (Å²) in [6, 6.07) is 6.16. The average Bonchev–Trinajstić information content (AvgIpc) is 2.90. The Labute approximate surface area is 114 Å². The van der Waals surface area contributed by atoms with E-state index < -0.39 is 11.7 Å². The highest BCUT2D eigenvalue weighted by atomic mass is 19.4. The number of aromatic nitrogens is 1. The van der Waals surface area contributed by atoms with Gasteiger partial charge >= 0.3 is 6.18 Å². The summed E-state index contributed by atoms with van der Waals surface area (Å²) in [6.45, 7) is 1.75. The van der Waals surface area contributed by atoms with Crippen LogP contribution >= 0.6 is 0 Å². The van der Waals surface area contributed by atoms with Crippen LogP contribution in [0.15, 0.2) is 30.5 Å². The van der Waals surface area contributed by atoms with Gasteiger partial charge in [-0.2, -0.15) is 13.2 Å². The molecule has 0 bridgehead atoms. The minimum absolute atomic E-state index is 0.00374. The number of fused-ring (bicyclic) bond motifs is 1. The van der Waals surface area contributed by atoms with Gasteiger partial charge in [0.05, 0.1) is 11.1 Å². The van der Waals surface area contributed by atoms with Gasteiger partial charge in [-0.25, -0.2) is 0 Å². The Bertz CT molecular complexity index is 619. The molecule has 1 aliphatic heterocycles. The third kappa shape index (κ3) is 2.43. The van der Waals surface area contributed by atoms with E-state index in [-0.39, 0.29) is 11.6 Å². The molecular weight excluding hydrogens is 267 g/mol. The van der Waals surface area contributed by atoms with E-state index in [0.717, 1.165) is 25.6 Å². The minimum atomic E-state index is -4.39. The molecule has 0 saturated carbocycles. The number of pyridine rings is 1. The molecule has 1 atom stereocenters. The second-order valence-corrected chi connectivity index (χ2v) is 4.89. The lowest BCUT2D eigenvalue weighted by molar-refractivity contribution is -0.136. The number of rotatable bonds is 2. The lowest BCUT2D eigenvalue weighted by atomic mass is 10.1. The van der Waals surface area contributed by atoms with Crippen LogP contribution in [0.1, 0.15) is 12.0 Å². The standard InChI is InChI=1S/C14H14F3N3/c15-14(16,17)11-3-4-12(20-9-5-7-18-8-9)10-2-1-6-19-13(10)11/h1-4,6,9,18,20H,5,7-8H2. The van der Waals surface area contributed by atoms with E-state index in [0.29, 0.717) is 11.1 Å². The summed E-state index contributed by atoms with van der Waals surface area (Å²) < 4.78 is 39.0. The van der Waals surface area contributed by atoms with Crippen molar-refractivity contribution in [2.24, 2.45) is 0 Å². The van der Waals surface area contributed by atoms with Crippen LogP contribution in [0, 0.1) is 0 Å². The summed E-state index contributed by atoms with van der Waals surface area (Å²) in [4.78, 5) is 3.91. The molecule has 2 N–H and O–H groups in total. The van der Waals surface area contributed by atoms with Crippen LogP contribution in [-0.4, -0.2) is 24.1 Å². The molecule has 0 spiro atoms. The zero-order valence-corrected chi connectivity index (χ0v) is 10.7. The molecule has 0 amide bonds. The van der Waals surface area contributed by atoms with E-state index in [2.05, 4.69) is 15.6 Å². The first-order valence-electron chi connectivity index (χ1n) is 6.48. The van der Waals surface area contributed by atoms with Gasteiger partial charge in [-0.15, -0.1) is 0 Å². The summed E-state index contributed by atoms with van der Waals surface area (Å²) >= 11 is 0. The third-order valence-electron chi connectivity index (χ3n) is 3.50. The van der Waals surface area contributed by atoms with Crippen molar-refractivity contribution >= 4 is 16.6 Å². The fourth-order valence-electron chi connectivity index (χ4n) is 2.53. The van der Waals surface area contributed by atoms with Crippen LogP contribution in [0.4, 0.5) is 18.9 Å². The van der Waals surface area contributed by atoms with E-state index in [9.17, 15) is 13.2 Å². The van der Waals surface area contributed by atoms with Gasteiger partial charge < -0.3 is 10.6 Å². The van der Waals surface area contributed by atoms with Crippen molar-refractivity contribution in [1.29, 1.82) is 0 Å². The fourth-order valence-corrected chi connectivity index (χ4v) is 2.53. The first-order chi connectivity index (χ1) is 9.55. The molecule has 2 heterocycles. The van der Waals surface area contributed by atoms with Crippen LogP contribution in [0.5, 0.6) is 0 Å². The van der Waals surface area contributed by atoms with Crippen LogP contribution in [0.25, 0.3) is 10.9 Å². The molecule has 6 heteroatoms. The second-order valence-electron chi connectivity index (χ2n) is 4.89. The monoisotopic (exact) mass is 281 g/mol. The van der Waals surface area contributed by atoms with Gasteiger partial charge in [-0.1, -0.05) is 0 Å². The maximum absolute atomic E-state index is 13.0. The van der Waals surface area contributed by atoms with E-state index in [1.165, 1.54) is 12.3 Å². The Balaban J connectivity index is 2.06. The predicted octanol–water partition coefficient (Wildman–Crippen LogP) is 3.03. The highest BCUT2D eigenvalue weighted by Crippen LogP contribution is 2.36. The molecule has 1 aromatic carbocycles. The number of alkyl halides is 3. The Morgan fingerprint density at radius 2 is 2.10 bits per heavy atom. The molecule has 1 fully saturated rings. The van der Waals surface area contributed by atoms with Crippen molar-refractivity contribution < 1.29 is 13.2 Å². The lowest BCUT2D eigenvalue weighted by Gasteiger charge is -2.17. The summed E-state index contributed by atoms with van der Waals surface area (Å²) in [6.07, 6.45) is -2.04. The molecule has 0 radical (unpaired) electrons. The molecule has 1 saturated heterocycles. The van der Waals surface area contributed by atoms with E-state index >= 15 is 0 Å². The largest absolute Gasteiger partial charge is 0.418 e. The zero-order valence-electron chi connectivity index (χ0n) is 10.7. The number of nitrogens with one attached hydrogen (secondary N) is 2. The van der Waals surface area contributed by atoms with Crippen molar-refractivity contribution in [3.8, 4) is 0 Å². The van der Waals surface area contributed by atoms with Crippen molar-refractivity contribution in [3.63, 3.8) is 0 Å². The Kier molecular flexibility index (Phi) is 3.25. The lowest BCUT2D eigenvalue weighted by Crippen LogP contribution is -2.22. The second kappa shape index (κ2) is 4.94. The van der Waals surface area contributed by atoms with Crippen LogP contribution in [-0.2, 0) is 6.18 Å². The average molecular weight is 281 g/mol. The normalized spacial score (nSPS) is 19.4. The highest BCUT2D eigenvalue weighted by molar-refractivity contribution is 5.93. The van der Waals surface area contributed by atoms with Gasteiger partial charge in [0, 0.05) is 29.9 Å². The molecule has 20 heavy (non-hydrogen) atoms. The highest BCUT2D eigenvalue weighted by Gasteiger charge is 2.33. The first kappa shape index (κ1) is 13.2. The molecular formula is C14H14F3N3. The Hall–Kier alpha value is -1.82. The summed E-state index contributed by atoms with van der Waals surface area (Å²) in [7, 11) is 0. The number of benzene rings is 1. The van der Waals surface area contributed by atoms with Crippen molar-refractivity contribution in [3.05, 3.63) is 36.0 Å². The maximum Gasteiger partial charge on any atom is 0.418 e. The topological polar surface area (TPSA) is 37.0 Å². The number of hydrogen-bond acceptors (Lipinski definition) is 3. The zero-order chi connectivity index (χ0) is 14.2. The van der Waals surface area contributed by atoms with Gasteiger partial charge in [-0.05, 0) is 37.2 Å². The summed E-state index contributed by atoms with van der Waals surface area (Å²) in [5.41, 5.74) is 0.00829. The van der Waals surface area contributed by atoms with Gasteiger partial charge in [0.1, 0.15) is 0 Å². The number of halogens is 3. The van der Waals surface area contributed by atoms with E-state index in [1.54, 1.807) is 12.1 Å². The molecule has 0 aliphatic carbocycles. The quantitative estimate of drug-likeness (QED) is 0.888. The molecule has 1 unspecified atom stereocenters. The molecule has 2 aromatic rings. The third-order valence-corrected chi connectivity index (χ3v) is 3.50. The van der Waals surface area contributed by atoms with Gasteiger partial charge in [0.2, 0.25) is 0 Å². The van der Waals surface area contributed by atoms with Crippen LogP contribution in [0.2, 0.25) is 0 Å². The van der Waals surface area contributed by atoms with Gasteiger partial charge in [0.25, 0.3) is 0 Å². The minimum Gasteiger partial charge on any atom is -0.380 e. The molecule has 1 aliphatic rings. The molecule has 1 aromatic heterocycles. The predicted molar refractivity (Wildman–Crippen MR) is 71.6 cm³/mol. The smallest absolute Gasteiger partial charge is 0.380 e. The SMILES string of the molecule is FC(F)(F)c1ccc(NC2CCNC2)c2cccnc12. The maximum atomic E-state index is 13.0. The van der Waals surface area contributed by atoms with Gasteiger partial charge in [0.15, 0.2) is 0 Å². The van der Waals surface area contributed by atoms with E-state index in [4.69, 9.17) is 0 Å². The fraction of sp³-hybridized carbons (Fsp3) is 0.357. The molecule has 3 rings (SSSR count). The van der Waals surface area contributed by atoms with Crippen molar-refractivity contribution in [2.75, 3.05) is 18.4 Å². The number of hydrogen-bond donors (Lipinski definition) is 2. The summed E-state index contributed by atoms with van der Waals surface area (Å²) in [5.74, 6) is 0.